The normalized spacial score (nSPS) is 9.75. The first-order valence-electron chi connectivity index (χ1n) is 2.27. The number of rotatable bonds is 1. The lowest BCUT2D eigenvalue weighted by molar-refractivity contribution is 0.466. The van der Waals surface area contributed by atoms with Crippen LogP contribution in [-0.2, 0) is 6.67 Å². The Balaban J connectivity index is 2.84. The fraction of sp³-hybridized carbons (Fsp3) is 0.500. The quantitative estimate of drug-likeness (QED) is 0.581. The standard InChI is InChI=1S/C4H6FN3/c1-3-6-4(2-5)8-7-3/h2H2,1H3,(H,6,7,8). The van der Waals surface area contributed by atoms with Gasteiger partial charge in [0.2, 0.25) is 0 Å². The third-order valence-corrected chi connectivity index (χ3v) is 0.772. The smallest absolute Gasteiger partial charge is 0.161 e. The van der Waals surface area contributed by atoms with Crippen molar-refractivity contribution in [1.82, 2.24) is 15.2 Å². The zero-order valence-corrected chi connectivity index (χ0v) is 4.48. The van der Waals surface area contributed by atoms with Gasteiger partial charge in [0.15, 0.2) is 5.82 Å². The molecule has 0 saturated heterocycles. The van der Waals surface area contributed by atoms with Crippen LogP contribution >= 0.6 is 0 Å². The van der Waals surface area contributed by atoms with E-state index in [1.807, 2.05) is 0 Å². The van der Waals surface area contributed by atoms with Gasteiger partial charge in [-0.05, 0) is 6.92 Å². The van der Waals surface area contributed by atoms with E-state index in [1.54, 1.807) is 6.92 Å². The first-order chi connectivity index (χ1) is 3.83. The number of alkyl halides is 1. The fourth-order valence-electron chi connectivity index (χ4n) is 0.454. The Morgan fingerprint density at radius 1 is 1.62 bits per heavy atom. The van der Waals surface area contributed by atoms with E-state index in [1.165, 1.54) is 0 Å². The van der Waals surface area contributed by atoms with E-state index in [4.69, 9.17) is 0 Å². The summed E-state index contributed by atoms with van der Waals surface area (Å²) in [5.74, 6) is 0.945. The number of aromatic nitrogens is 3. The van der Waals surface area contributed by atoms with Crippen LogP contribution in [0.25, 0.3) is 0 Å². The van der Waals surface area contributed by atoms with Crippen LogP contribution in [0, 0.1) is 6.92 Å². The minimum absolute atomic E-state index is 0.294. The number of H-pyrrole nitrogens is 1. The Bertz CT molecular complexity index is 172. The van der Waals surface area contributed by atoms with Crippen LogP contribution in [0.15, 0.2) is 0 Å². The van der Waals surface area contributed by atoms with Crippen LogP contribution < -0.4 is 0 Å². The lowest BCUT2D eigenvalue weighted by Gasteiger charge is -1.76. The van der Waals surface area contributed by atoms with Gasteiger partial charge in [-0.15, -0.1) is 10.2 Å². The lowest BCUT2D eigenvalue weighted by atomic mass is 10.7. The molecule has 0 atom stereocenters. The number of halogens is 1. The molecule has 0 aliphatic heterocycles. The molecule has 0 amide bonds. The molecular formula is C4H6FN3. The second-order valence-corrected chi connectivity index (χ2v) is 1.49. The molecule has 0 aliphatic rings. The van der Waals surface area contributed by atoms with E-state index in [0.717, 1.165) is 0 Å². The molecule has 1 N–H and O–H groups in total. The molecule has 0 spiro atoms. The summed E-state index contributed by atoms with van der Waals surface area (Å²) in [7, 11) is 0. The van der Waals surface area contributed by atoms with E-state index >= 15 is 0 Å². The molecule has 4 heteroatoms. The van der Waals surface area contributed by atoms with Gasteiger partial charge in [0.25, 0.3) is 0 Å². The van der Waals surface area contributed by atoms with Crippen LogP contribution in [0.1, 0.15) is 11.6 Å². The minimum atomic E-state index is -0.569. The highest BCUT2D eigenvalue weighted by atomic mass is 19.1. The van der Waals surface area contributed by atoms with Crippen LogP contribution in [0.2, 0.25) is 0 Å². The van der Waals surface area contributed by atoms with Crippen molar-refractivity contribution >= 4 is 0 Å². The fourth-order valence-corrected chi connectivity index (χ4v) is 0.454. The average Bonchev–Trinajstić information content (AvgIpc) is 2.14. The molecule has 0 radical (unpaired) electrons. The van der Waals surface area contributed by atoms with Crippen LogP contribution in [0.3, 0.4) is 0 Å². The Kier molecular flexibility index (Phi) is 1.24. The van der Waals surface area contributed by atoms with E-state index in [9.17, 15) is 4.39 Å². The molecule has 8 heavy (non-hydrogen) atoms. The highest BCUT2D eigenvalue weighted by Crippen LogP contribution is 1.90. The third kappa shape index (κ3) is 0.828. The maximum absolute atomic E-state index is 11.6. The van der Waals surface area contributed by atoms with Crippen molar-refractivity contribution in [2.24, 2.45) is 0 Å². The molecular weight excluding hydrogens is 109 g/mol. The Hall–Kier alpha value is -0.930. The molecule has 1 heterocycles. The molecule has 0 aliphatic carbocycles. The van der Waals surface area contributed by atoms with E-state index in [-0.39, 0.29) is 0 Å². The average molecular weight is 115 g/mol. The van der Waals surface area contributed by atoms with Gasteiger partial charge in [0.05, 0.1) is 0 Å². The molecule has 0 aromatic carbocycles. The molecule has 3 nitrogen and oxygen atoms in total. The second kappa shape index (κ2) is 1.90. The largest absolute Gasteiger partial charge is 0.327 e. The summed E-state index contributed by atoms with van der Waals surface area (Å²) in [6, 6.07) is 0. The molecule has 0 saturated carbocycles. The van der Waals surface area contributed by atoms with Gasteiger partial charge in [-0.1, -0.05) is 0 Å². The molecule has 0 fully saturated rings. The number of nitrogens with zero attached hydrogens (tertiary/aromatic N) is 2. The minimum Gasteiger partial charge on any atom is -0.327 e. The maximum Gasteiger partial charge on any atom is 0.161 e. The van der Waals surface area contributed by atoms with Crippen molar-refractivity contribution < 1.29 is 4.39 Å². The van der Waals surface area contributed by atoms with E-state index in [2.05, 4.69) is 15.2 Å². The zero-order valence-electron chi connectivity index (χ0n) is 4.48. The zero-order chi connectivity index (χ0) is 5.98. The van der Waals surface area contributed by atoms with Gasteiger partial charge >= 0.3 is 0 Å². The Morgan fingerprint density at radius 3 is 2.62 bits per heavy atom. The summed E-state index contributed by atoms with van der Waals surface area (Å²) in [6.45, 7) is 1.16. The van der Waals surface area contributed by atoms with Crippen molar-refractivity contribution in [3.8, 4) is 0 Å². The van der Waals surface area contributed by atoms with Gasteiger partial charge in [0.1, 0.15) is 12.5 Å². The monoisotopic (exact) mass is 115 g/mol. The summed E-state index contributed by atoms with van der Waals surface area (Å²) < 4.78 is 11.6. The van der Waals surface area contributed by atoms with Crippen LogP contribution in [0.4, 0.5) is 4.39 Å². The summed E-state index contributed by atoms with van der Waals surface area (Å²) in [5, 5.41) is 7.00. The molecule has 0 unspecified atom stereocenters. The summed E-state index contributed by atoms with van der Waals surface area (Å²) in [6.07, 6.45) is 0. The highest BCUT2D eigenvalue weighted by Gasteiger charge is 1.93. The van der Waals surface area contributed by atoms with Crippen LogP contribution in [0.5, 0.6) is 0 Å². The third-order valence-electron chi connectivity index (χ3n) is 0.772. The number of nitrogens with one attached hydrogen (secondary N) is 1. The molecule has 1 aromatic rings. The predicted octanol–water partition coefficient (Wildman–Crippen LogP) is 0.583. The summed E-state index contributed by atoms with van der Waals surface area (Å²) >= 11 is 0. The molecule has 1 rings (SSSR count). The number of aromatic amines is 1. The number of hydrogen-bond acceptors (Lipinski definition) is 2. The van der Waals surface area contributed by atoms with Gasteiger partial charge < -0.3 is 4.98 Å². The van der Waals surface area contributed by atoms with Crippen molar-refractivity contribution in [1.29, 1.82) is 0 Å². The van der Waals surface area contributed by atoms with Gasteiger partial charge in [-0.25, -0.2) is 4.39 Å². The Labute approximate surface area is 45.9 Å². The van der Waals surface area contributed by atoms with Crippen molar-refractivity contribution in [3.63, 3.8) is 0 Å². The SMILES string of the molecule is Cc1nnc(CF)[nH]1. The predicted molar refractivity (Wildman–Crippen MR) is 25.9 cm³/mol. The summed E-state index contributed by atoms with van der Waals surface area (Å²) in [5.41, 5.74) is 0. The molecule has 44 valence electrons. The topological polar surface area (TPSA) is 41.6 Å². The maximum atomic E-state index is 11.6. The second-order valence-electron chi connectivity index (χ2n) is 1.49. The van der Waals surface area contributed by atoms with Crippen molar-refractivity contribution in [3.05, 3.63) is 11.6 Å². The van der Waals surface area contributed by atoms with Gasteiger partial charge in [-0.3, -0.25) is 0 Å². The first-order valence-corrected chi connectivity index (χ1v) is 2.27. The number of aryl methyl sites for hydroxylation is 1. The van der Waals surface area contributed by atoms with Crippen molar-refractivity contribution in [2.75, 3.05) is 0 Å². The molecule has 0 bridgehead atoms. The lowest BCUT2D eigenvalue weighted by Crippen LogP contribution is -1.79. The van der Waals surface area contributed by atoms with Crippen molar-refractivity contribution in [2.45, 2.75) is 13.6 Å². The molecule has 1 aromatic heterocycles. The summed E-state index contributed by atoms with van der Waals surface area (Å²) in [4.78, 5) is 2.63. The first kappa shape index (κ1) is 5.21. The van der Waals surface area contributed by atoms with Gasteiger partial charge in [0, 0.05) is 0 Å². The van der Waals surface area contributed by atoms with E-state index < -0.39 is 6.67 Å². The number of hydrogen-bond donors (Lipinski definition) is 1. The van der Waals surface area contributed by atoms with Crippen LogP contribution in [-0.4, -0.2) is 15.2 Å². The Morgan fingerprint density at radius 2 is 2.38 bits per heavy atom. The highest BCUT2D eigenvalue weighted by molar-refractivity contribution is 4.84. The van der Waals surface area contributed by atoms with Gasteiger partial charge in [-0.2, -0.15) is 0 Å². The van der Waals surface area contributed by atoms with E-state index in [0.29, 0.717) is 11.6 Å².